The van der Waals surface area contributed by atoms with Gasteiger partial charge in [-0.2, -0.15) is 5.10 Å². The highest BCUT2D eigenvalue weighted by Crippen LogP contribution is 2.40. The number of hydrogen-bond donors (Lipinski definition) is 2. The standard InChI is InChI=1S/C12H22N4/c1-4-16-11(10(13)9(2)15-16)14-8-12(3)6-5-7-12/h14H,4-8,13H2,1-3H3. The van der Waals surface area contributed by atoms with Gasteiger partial charge in [0.05, 0.1) is 11.4 Å². The predicted octanol–water partition coefficient (Wildman–Crippen LogP) is 2.40. The lowest BCUT2D eigenvalue weighted by Crippen LogP contribution is -2.33. The number of nitrogen functional groups attached to an aromatic ring is 1. The topological polar surface area (TPSA) is 55.9 Å². The number of nitrogens with zero attached hydrogens (tertiary/aromatic N) is 2. The van der Waals surface area contributed by atoms with E-state index in [1.807, 2.05) is 11.6 Å². The third-order valence-electron chi connectivity index (χ3n) is 3.72. The molecule has 4 nitrogen and oxygen atoms in total. The van der Waals surface area contributed by atoms with Crippen molar-refractivity contribution in [2.75, 3.05) is 17.6 Å². The molecule has 1 aromatic rings. The van der Waals surface area contributed by atoms with E-state index in [0.29, 0.717) is 5.41 Å². The van der Waals surface area contributed by atoms with Gasteiger partial charge < -0.3 is 11.1 Å². The first-order valence-electron chi connectivity index (χ1n) is 6.12. The van der Waals surface area contributed by atoms with Crippen LogP contribution in [0.3, 0.4) is 0 Å². The molecule has 16 heavy (non-hydrogen) atoms. The van der Waals surface area contributed by atoms with E-state index in [9.17, 15) is 0 Å². The lowest BCUT2D eigenvalue weighted by Gasteiger charge is -2.38. The molecule has 1 aliphatic rings. The highest BCUT2D eigenvalue weighted by Gasteiger charge is 2.31. The highest BCUT2D eigenvalue weighted by molar-refractivity contribution is 5.64. The van der Waals surface area contributed by atoms with E-state index >= 15 is 0 Å². The molecule has 0 aliphatic heterocycles. The number of anilines is 2. The van der Waals surface area contributed by atoms with Gasteiger partial charge in [-0.3, -0.25) is 0 Å². The summed E-state index contributed by atoms with van der Waals surface area (Å²) in [6.07, 6.45) is 4.00. The van der Waals surface area contributed by atoms with Crippen LogP contribution >= 0.6 is 0 Å². The van der Waals surface area contributed by atoms with E-state index in [1.54, 1.807) is 0 Å². The third-order valence-corrected chi connectivity index (χ3v) is 3.72. The molecule has 0 radical (unpaired) electrons. The van der Waals surface area contributed by atoms with Gasteiger partial charge in [0, 0.05) is 13.1 Å². The van der Waals surface area contributed by atoms with E-state index in [2.05, 4.69) is 24.3 Å². The van der Waals surface area contributed by atoms with Crippen LogP contribution in [0.5, 0.6) is 0 Å². The first-order chi connectivity index (χ1) is 7.56. The van der Waals surface area contributed by atoms with Gasteiger partial charge >= 0.3 is 0 Å². The summed E-state index contributed by atoms with van der Waals surface area (Å²) in [5.74, 6) is 0.994. The monoisotopic (exact) mass is 222 g/mol. The van der Waals surface area contributed by atoms with Crippen LogP contribution < -0.4 is 11.1 Å². The van der Waals surface area contributed by atoms with Gasteiger partial charge in [-0.25, -0.2) is 4.68 Å². The summed E-state index contributed by atoms with van der Waals surface area (Å²) in [6.45, 7) is 8.23. The van der Waals surface area contributed by atoms with Crippen LogP contribution in [0.25, 0.3) is 0 Å². The normalized spacial score (nSPS) is 18.2. The molecule has 90 valence electrons. The minimum atomic E-state index is 0.461. The molecule has 2 rings (SSSR count). The van der Waals surface area contributed by atoms with Crippen LogP contribution in [0.1, 0.15) is 38.8 Å². The van der Waals surface area contributed by atoms with Crippen molar-refractivity contribution in [2.45, 2.75) is 46.6 Å². The Morgan fingerprint density at radius 3 is 2.69 bits per heavy atom. The Morgan fingerprint density at radius 1 is 1.50 bits per heavy atom. The number of aryl methyl sites for hydroxylation is 2. The number of nitrogens with two attached hydrogens (primary N) is 1. The Morgan fingerprint density at radius 2 is 2.19 bits per heavy atom. The number of aromatic nitrogens is 2. The molecular weight excluding hydrogens is 200 g/mol. The van der Waals surface area contributed by atoms with Gasteiger partial charge in [-0.05, 0) is 32.1 Å². The summed E-state index contributed by atoms with van der Waals surface area (Å²) in [4.78, 5) is 0. The summed E-state index contributed by atoms with van der Waals surface area (Å²) >= 11 is 0. The lowest BCUT2D eigenvalue weighted by atomic mass is 9.70. The van der Waals surface area contributed by atoms with Crippen molar-refractivity contribution >= 4 is 11.5 Å². The van der Waals surface area contributed by atoms with Gasteiger partial charge in [-0.15, -0.1) is 0 Å². The first kappa shape index (κ1) is 11.3. The second-order valence-corrected chi connectivity index (χ2v) is 5.18. The Kier molecular flexibility index (Phi) is 2.82. The quantitative estimate of drug-likeness (QED) is 0.822. The molecule has 0 aromatic carbocycles. The predicted molar refractivity (Wildman–Crippen MR) is 67.5 cm³/mol. The second kappa shape index (κ2) is 4.00. The molecule has 1 aromatic heterocycles. The Hall–Kier alpha value is -1.19. The van der Waals surface area contributed by atoms with Gasteiger partial charge in [0.2, 0.25) is 0 Å². The average molecular weight is 222 g/mol. The molecule has 1 saturated carbocycles. The van der Waals surface area contributed by atoms with Crippen molar-refractivity contribution in [2.24, 2.45) is 5.41 Å². The fourth-order valence-corrected chi connectivity index (χ4v) is 2.26. The molecule has 0 spiro atoms. The molecular formula is C12H22N4. The molecule has 0 saturated heterocycles. The number of rotatable bonds is 4. The van der Waals surface area contributed by atoms with E-state index in [0.717, 1.165) is 30.3 Å². The summed E-state index contributed by atoms with van der Waals surface area (Å²) in [5, 5.41) is 7.87. The van der Waals surface area contributed by atoms with E-state index in [4.69, 9.17) is 5.73 Å². The molecule has 0 atom stereocenters. The Balaban J connectivity index is 2.08. The fourth-order valence-electron chi connectivity index (χ4n) is 2.26. The van der Waals surface area contributed by atoms with Gasteiger partial charge in [-0.1, -0.05) is 13.3 Å². The SMILES string of the molecule is CCn1nc(C)c(N)c1NCC1(C)CCC1. The minimum Gasteiger partial charge on any atom is -0.394 e. The summed E-state index contributed by atoms with van der Waals surface area (Å²) in [7, 11) is 0. The third kappa shape index (κ3) is 1.88. The minimum absolute atomic E-state index is 0.461. The van der Waals surface area contributed by atoms with Crippen molar-refractivity contribution in [3.8, 4) is 0 Å². The molecule has 0 unspecified atom stereocenters. The number of hydrogen-bond acceptors (Lipinski definition) is 3. The zero-order chi connectivity index (χ0) is 11.8. The largest absolute Gasteiger partial charge is 0.394 e. The van der Waals surface area contributed by atoms with Crippen molar-refractivity contribution < 1.29 is 0 Å². The number of nitrogens with one attached hydrogen (secondary N) is 1. The van der Waals surface area contributed by atoms with Crippen molar-refractivity contribution in [3.05, 3.63) is 5.69 Å². The molecule has 0 amide bonds. The smallest absolute Gasteiger partial charge is 0.148 e. The summed E-state index contributed by atoms with van der Waals surface area (Å²) < 4.78 is 1.95. The molecule has 4 heteroatoms. The zero-order valence-corrected chi connectivity index (χ0v) is 10.5. The van der Waals surface area contributed by atoms with E-state index in [-0.39, 0.29) is 0 Å². The molecule has 1 fully saturated rings. The average Bonchev–Trinajstić information content (AvgIpc) is 2.50. The maximum Gasteiger partial charge on any atom is 0.148 e. The maximum atomic E-state index is 6.02. The zero-order valence-electron chi connectivity index (χ0n) is 10.5. The van der Waals surface area contributed by atoms with Crippen LogP contribution in [0, 0.1) is 12.3 Å². The fraction of sp³-hybridized carbons (Fsp3) is 0.750. The molecule has 1 aliphatic carbocycles. The molecule has 1 heterocycles. The van der Waals surface area contributed by atoms with Gasteiger partial charge in [0.1, 0.15) is 5.82 Å². The first-order valence-corrected chi connectivity index (χ1v) is 6.12. The van der Waals surface area contributed by atoms with E-state index < -0.39 is 0 Å². The Bertz CT molecular complexity index is 377. The van der Waals surface area contributed by atoms with Gasteiger partial charge in [0.15, 0.2) is 0 Å². The van der Waals surface area contributed by atoms with Crippen molar-refractivity contribution in [3.63, 3.8) is 0 Å². The van der Waals surface area contributed by atoms with Crippen LogP contribution in [0.2, 0.25) is 0 Å². The van der Waals surface area contributed by atoms with Crippen LogP contribution in [-0.2, 0) is 6.54 Å². The van der Waals surface area contributed by atoms with E-state index in [1.165, 1.54) is 19.3 Å². The van der Waals surface area contributed by atoms with Crippen molar-refractivity contribution in [1.29, 1.82) is 0 Å². The van der Waals surface area contributed by atoms with Gasteiger partial charge in [0.25, 0.3) is 0 Å². The molecule has 3 N–H and O–H groups in total. The van der Waals surface area contributed by atoms with Crippen LogP contribution in [0.4, 0.5) is 11.5 Å². The summed E-state index contributed by atoms with van der Waals surface area (Å²) in [5.41, 5.74) is 8.20. The highest BCUT2D eigenvalue weighted by atomic mass is 15.3. The van der Waals surface area contributed by atoms with Crippen LogP contribution in [0.15, 0.2) is 0 Å². The Labute approximate surface area is 97.2 Å². The summed E-state index contributed by atoms with van der Waals surface area (Å²) in [6, 6.07) is 0. The molecule has 0 bridgehead atoms. The van der Waals surface area contributed by atoms with Crippen molar-refractivity contribution in [1.82, 2.24) is 9.78 Å². The van der Waals surface area contributed by atoms with Crippen LogP contribution in [-0.4, -0.2) is 16.3 Å². The maximum absolute atomic E-state index is 6.02. The second-order valence-electron chi connectivity index (χ2n) is 5.18. The lowest BCUT2D eigenvalue weighted by molar-refractivity contribution is 0.179.